The first-order valence-electron chi connectivity index (χ1n) is 11.6. The molecule has 0 bridgehead atoms. The summed E-state index contributed by atoms with van der Waals surface area (Å²) in [5.41, 5.74) is 0.867. The Labute approximate surface area is 225 Å². The second-order valence-electron chi connectivity index (χ2n) is 8.73. The number of carbonyl (C=O) groups is 1. The van der Waals surface area contributed by atoms with Crippen LogP contribution in [0.2, 0.25) is 10.0 Å². The van der Waals surface area contributed by atoms with Gasteiger partial charge in [-0.05, 0) is 54.6 Å². The average molecular weight is 563 g/mol. The first-order valence-corrected chi connectivity index (χ1v) is 12.4. The van der Waals surface area contributed by atoms with E-state index in [0.29, 0.717) is 29.5 Å². The fraction of sp³-hybridized carbons (Fsp3) is 0.185. The van der Waals surface area contributed by atoms with Crippen LogP contribution in [0.15, 0.2) is 72.8 Å². The molecule has 2 heterocycles. The maximum absolute atomic E-state index is 14.5. The number of hydrogen-bond donors (Lipinski definition) is 0. The highest BCUT2D eigenvalue weighted by Gasteiger charge is 2.32. The number of amides is 1. The molecule has 38 heavy (non-hydrogen) atoms. The van der Waals surface area contributed by atoms with Gasteiger partial charge in [-0.15, -0.1) is 0 Å². The van der Waals surface area contributed by atoms with Crippen molar-refractivity contribution in [3.63, 3.8) is 0 Å². The van der Waals surface area contributed by atoms with Crippen molar-refractivity contribution in [1.82, 2.24) is 14.7 Å². The highest BCUT2D eigenvalue weighted by Crippen LogP contribution is 2.32. The zero-order chi connectivity index (χ0) is 27.0. The lowest BCUT2D eigenvalue weighted by Crippen LogP contribution is -2.49. The fourth-order valence-corrected chi connectivity index (χ4v) is 4.65. The van der Waals surface area contributed by atoms with Crippen LogP contribution in [-0.2, 0) is 6.18 Å². The van der Waals surface area contributed by atoms with Crippen molar-refractivity contribution in [2.45, 2.75) is 6.18 Å². The molecule has 0 atom stereocenters. The number of aromatic nitrogens is 2. The monoisotopic (exact) mass is 562 g/mol. The third kappa shape index (κ3) is 5.21. The summed E-state index contributed by atoms with van der Waals surface area (Å²) in [6.07, 6.45) is -4.44. The van der Waals surface area contributed by atoms with Crippen LogP contribution in [-0.4, -0.2) is 46.8 Å². The first-order chi connectivity index (χ1) is 18.1. The summed E-state index contributed by atoms with van der Waals surface area (Å²) in [5.74, 6) is -0.838. The standard InChI is InChI=1S/C27H20Cl2F4N4O/c28-21-9-8-19(15-22(21)29)37-25(16-24(34-37)20-6-1-2-7-23(20)30)26(38)36-12-10-35(11-13-36)18-5-3-4-17(14-18)27(31,32)33/h1-9,14-16H,10-13H2. The second kappa shape index (κ2) is 10.3. The summed E-state index contributed by atoms with van der Waals surface area (Å²) in [5, 5.41) is 5.10. The third-order valence-electron chi connectivity index (χ3n) is 6.33. The Balaban J connectivity index is 1.43. The van der Waals surface area contributed by atoms with Crippen LogP contribution in [0.3, 0.4) is 0 Å². The Morgan fingerprint density at radius 3 is 2.24 bits per heavy atom. The molecule has 3 aromatic carbocycles. The van der Waals surface area contributed by atoms with Crippen molar-refractivity contribution in [3.8, 4) is 16.9 Å². The van der Waals surface area contributed by atoms with Gasteiger partial charge in [0.2, 0.25) is 0 Å². The lowest BCUT2D eigenvalue weighted by molar-refractivity contribution is -0.137. The number of rotatable bonds is 4. The van der Waals surface area contributed by atoms with Crippen molar-refractivity contribution >= 4 is 34.8 Å². The van der Waals surface area contributed by atoms with E-state index in [1.165, 1.54) is 22.9 Å². The van der Waals surface area contributed by atoms with Crippen molar-refractivity contribution in [2.75, 3.05) is 31.1 Å². The minimum atomic E-state index is -4.44. The number of alkyl halides is 3. The van der Waals surface area contributed by atoms with E-state index < -0.39 is 17.6 Å². The fourth-order valence-electron chi connectivity index (χ4n) is 4.36. The van der Waals surface area contributed by atoms with Crippen molar-refractivity contribution in [1.29, 1.82) is 0 Å². The number of piperazine rings is 1. The van der Waals surface area contributed by atoms with Crippen molar-refractivity contribution < 1.29 is 22.4 Å². The number of halogens is 6. The predicted octanol–water partition coefficient (Wildman–Crippen LogP) is 6.97. The molecule has 1 amide bonds. The van der Waals surface area contributed by atoms with Gasteiger partial charge in [-0.2, -0.15) is 18.3 Å². The summed E-state index contributed by atoms with van der Waals surface area (Å²) < 4.78 is 55.4. The lowest BCUT2D eigenvalue weighted by Gasteiger charge is -2.36. The number of carbonyl (C=O) groups excluding carboxylic acids is 1. The molecule has 5 rings (SSSR count). The van der Waals surface area contributed by atoms with Gasteiger partial charge in [0.1, 0.15) is 11.5 Å². The molecule has 4 aromatic rings. The molecule has 0 unspecified atom stereocenters. The van der Waals surface area contributed by atoms with Crippen LogP contribution in [0.4, 0.5) is 23.2 Å². The molecule has 1 fully saturated rings. The summed E-state index contributed by atoms with van der Waals surface area (Å²) in [6.45, 7) is 1.23. The zero-order valence-corrected chi connectivity index (χ0v) is 21.2. The van der Waals surface area contributed by atoms with Gasteiger partial charge in [-0.1, -0.05) is 41.4 Å². The smallest absolute Gasteiger partial charge is 0.368 e. The van der Waals surface area contributed by atoms with Gasteiger partial charge in [0, 0.05) is 37.4 Å². The van der Waals surface area contributed by atoms with Gasteiger partial charge in [0.15, 0.2) is 0 Å². The van der Waals surface area contributed by atoms with Crippen LogP contribution in [0, 0.1) is 5.82 Å². The molecule has 1 saturated heterocycles. The van der Waals surface area contributed by atoms with Crippen LogP contribution in [0.25, 0.3) is 16.9 Å². The molecule has 1 aliphatic heterocycles. The Morgan fingerprint density at radius 1 is 0.816 bits per heavy atom. The van der Waals surface area contributed by atoms with Crippen LogP contribution in [0.1, 0.15) is 16.1 Å². The van der Waals surface area contributed by atoms with Crippen LogP contribution in [0.5, 0.6) is 0 Å². The van der Waals surface area contributed by atoms with E-state index in [9.17, 15) is 22.4 Å². The lowest BCUT2D eigenvalue weighted by atomic mass is 10.1. The minimum Gasteiger partial charge on any atom is -0.368 e. The Morgan fingerprint density at radius 2 is 1.55 bits per heavy atom. The molecular weight excluding hydrogens is 543 g/mol. The molecule has 1 aliphatic rings. The van der Waals surface area contributed by atoms with Crippen LogP contribution < -0.4 is 4.90 Å². The normalized spacial score (nSPS) is 14.2. The molecule has 1 aromatic heterocycles. The van der Waals surface area contributed by atoms with Gasteiger partial charge in [0.05, 0.1) is 27.0 Å². The van der Waals surface area contributed by atoms with Gasteiger partial charge in [-0.3, -0.25) is 4.79 Å². The predicted molar refractivity (Wildman–Crippen MR) is 139 cm³/mol. The van der Waals surface area contributed by atoms with E-state index in [-0.39, 0.29) is 41.0 Å². The SMILES string of the molecule is O=C(c1cc(-c2ccccc2F)nn1-c1ccc(Cl)c(Cl)c1)N1CCN(c2cccc(C(F)(F)F)c2)CC1. The second-order valence-corrected chi connectivity index (χ2v) is 9.55. The quantitative estimate of drug-likeness (QED) is 0.252. The molecule has 196 valence electrons. The third-order valence-corrected chi connectivity index (χ3v) is 7.07. The average Bonchev–Trinajstić information content (AvgIpc) is 3.35. The van der Waals surface area contributed by atoms with E-state index in [4.69, 9.17) is 23.2 Å². The van der Waals surface area contributed by atoms with E-state index in [1.807, 2.05) is 0 Å². The van der Waals surface area contributed by atoms with Gasteiger partial charge >= 0.3 is 6.18 Å². The zero-order valence-electron chi connectivity index (χ0n) is 19.7. The maximum Gasteiger partial charge on any atom is 0.416 e. The highest BCUT2D eigenvalue weighted by atomic mass is 35.5. The van der Waals surface area contributed by atoms with E-state index in [2.05, 4.69) is 5.10 Å². The summed E-state index contributed by atoms with van der Waals surface area (Å²) in [7, 11) is 0. The maximum atomic E-state index is 14.5. The number of anilines is 1. The molecule has 0 aliphatic carbocycles. The van der Waals surface area contributed by atoms with Gasteiger partial charge in [0.25, 0.3) is 5.91 Å². The van der Waals surface area contributed by atoms with E-state index in [0.717, 1.165) is 12.1 Å². The largest absolute Gasteiger partial charge is 0.416 e. The number of hydrogen-bond acceptors (Lipinski definition) is 3. The summed E-state index contributed by atoms with van der Waals surface area (Å²) >= 11 is 12.3. The highest BCUT2D eigenvalue weighted by molar-refractivity contribution is 6.42. The molecule has 11 heteroatoms. The van der Waals surface area contributed by atoms with Crippen molar-refractivity contribution in [2.24, 2.45) is 0 Å². The van der Waals surface area contributed by atoms with E-state index >= 15 is 0 Å². The van der Waals surface area contributed by atoms with Crippen LogP contribution >= 0.6 is 23.2 Å². The van der Waals surface area contributed by atoms with Gasteiger partial charge < -0.3 is 9.80 Å². The molecule has 0 radical (unpaired) electrons. The summed E-state index contributed by atoms with van der Waals surface area (Å²) in [6, 6.07) is 17.5. The number of benzene rings is 3. The van der Waals surface area contributed by atoms with E-state index in [1.54, 1.807) is 52.3 Å². The first kappa shape index (κ1) is 26.1. The molecular formula is C27H20Cl2F4N4O. The molecule has 5 nitrogen and oxygen atoms in total. The van der Waals surface area contributed by atoms with Crippen molar-refractivity contribution in [3.05, 3.63) is 99.9 Å². The topological polar surface area (TPSA) is 41.4 Å². The summed E-state index contributed by atoms with van der Waals surface area (Å²) in [4.78, 5) is 17.1. The van der Waals surface area contributed by atoms with Gasteiger partial charge in [-0.25, -0.2) is 9.07 Å². The number of nitrogens with zero attached hydrogens (tertiary/aromatic N) is 4. The Hall–Kier alpha value is -3.56. The molecule has 0 spiro atoms. The Kier molecular flexibility index (Phi) is 7.07. The molecule has 0 N–H and O–H groups in total. The Bertz CT molecular complexity index is 1500. The minimum absolute atomic E-state index is 0.189. The molecule has 0 saturated carbocycles.